The van der Waals surface area contributed by atoms with Crippen molar-refractivity contribution in [3.63, 3.8) is 0 Å². The highest BCUT2D eigenvalue weighted by Crippen LogP contribution is 2.21. The molecule has 0 aliphatic rings. The van der Waals surface area contributed by atoms with Gasteiger partial charge in [0, 0.05) is 16.8 Å². The minimum atomic E-state index is 0.289. The van der Waals surface area contributed by atoms with E-state index >= 15 is 0 Å². The molecule has 0 saturated heterocycles. The zero-order valence-corrected chi connectivity index (χ0v) is 9.09. The molecule has 1 rings (SSSR count). The molecule has 68 valence electrons. The van der Waals surface area contributed by atoms with Gasteiger partial charge in [0.1, 0.15) is 0 Å². The first-order valence-corrected chi connectivity index (χ1v) is 5.25. The second-order valence-electron chi connectivity index (χ2n) is 2.86. The van der Waals surface area contributed by atoms with Crippen molar-refractivity contribution in [2.75, 3.05) is 11.2 Å². The Hall–Kier alpha value is -0.280. The van der Waals surface area contributed by atoms with E-state index in [1.807, 2.05) is 13.8 Å². The first-order valence-electron chi connectivity index (χ1n) is 3.90. The molecular weight excluding hydrogens is 192 g/mol. The molecule has 0 aromatic carbocycles. The molecule has 1 N–H and O–H groups in total. The number of alkyl halides is 1. The van der Waals surface area contributed by atoms with Crippen LogP contribution < -0.4 is 5.32 Å². The second-order valence-corrected chi connectivity index (χ2v) is 4.37. The number of aryl methyl sites for hydroxylation is 2. The number of rotatable bonds is 3. The predicted octanol–water partition coefficient (Wildman–Crippen LogP) is 2.80. The highest BCUT2D eigenvalue weighted by molar-refractivity contribution is 7.15. The van der Waals surface area contributed by atoms with Crippen LogP contribution in [0, 0.1) is 13.8 Å². The summed E-state index contributed by atoms with van der Waals surface area (Å²) >= 11 is 7.34. The Morgan fingerprint density at radius 1 is 1.58 bits per heavy atom. The lowest BCUT2D eigenvalue weighted by atomic mass is 10.4. The zero-order valence-electron chi connectivity index (χ0n) is 7.52. The van der Waals surface area contributed by atoms with Gasteiger partial charge in [-0.05, 0) is 20.8 Å². The maximum atomic E-state index is 5.66. The predicted molar refractivity (Wildman–Crippen MR) is 55.4 cm³/mol. The van der Waals surface area contributed by atoms with Gasteiger partial charge in [0.2, 0.25) is 0 Å². The Labute approximate surface area is 82.0 Å². The quantitative estimate of drug-likeness (QED) is 0.766. The smallest absolute Gasteiger partial charge is 0.183 e. The maximum Gasteiger partial charge on any atom is 0.183 e. The van der Waals surface area contributed by atoms with Crippen LogP contribution in [-0.2, 0) is 0 Å². The van der Waals surface area contributed by atoms with Crippen molar-refractivity contribution in [2.45, 2.75) is 26.8 Å². The topological polar surface area (TPSA) is 24.9 Å². The summed E-state index contributed by atoms with van der Waals surface area (Å²) < 4.78 is 0. The van der Waals surface area contributed by atoms with E-state index in [-0.39, 0.29) is 6.04 Å². The fourth-order valence-corrected chi connectivity index (χ4v) is 1.79. The summed E-state index contributed by atoms with van der Waals surface area (Å²) in [4.78, 5) is 5.61. The molecule has 0 aliphatic carbocycles. The van der Waals surface area contributed by atoms with Crippen LogP contribution in [0.25, 0.3) is 0 Å². The van der Waals surface area contributed by atoms with Crippen LogP contribution in [0.4, 0.5) is 5.13 Å². The molecule has 1 aromatic heterocycles. The minimum Gasteiger partial charge on any atom is -0.358 e. The van der Waals surface area contributed by atoms with Gasteiger partial charge in [0.15, 0.2) is 5.13 Å². The van der Waals surface area contributed by atoms with Crippen molar-refractivity contribution in [3.05, 3.63) is 10.6 Å². The number of anilines is 1. The summed E-state index contributed by atoms with van der Waals surface area (Å²) in [6, 6.07) is 0.289. The number of thiazole rings is 1. The Morgan fingerprint density at radius 2 is 2.25 bits per heavy atom. The molecule has 0 fully saturated rings. The Kier molecular flexibility index (Phi) is 3.35. The molecule has 0 amide bonds. The first kappa shape index (κ1) is 9.81. The summed E-state index contributed by atoms with van der Waals surface area (Å²) in [6.07, 6.45) is 0. The summed E-state index contributed by atoms with van der Waals surface area (Å²) in [5, 5.41) is 4.20. The number of nitrogens with zero attached hydrogens (tertiary/aromatic N) is 1. The number of hydrogen-bond donors (Lipinski definition) is 1. The lowest BCUT2D eigenvalue weighted by Crippen LogP contribution is -2.16. The molecule has 0 saturated carbocycles. The maximum absolute atomic E-state index is 5.66. The number of aromatic nitrogens is 1. The standard InChI is InChI=1S/C8H13ClN2S/c1-5(4-9)10-8-11-6(2)7(3)12-8/h5H,4H2,1-3H3,(H,10,11). The fraction of sp³-hybridized carbons (Fsp3) is 0.625. The number of nitrogens with one attached hydrogen (secondary N) is 1. The third-order valence-corrected chi connectivity index (χ3v) is 3.10. The summed E-state index contributed by atoms with van der Waals surface area (Å²) in [5.41, 5.74) is 1.10. The van der Waals surface area contributed by atoms with E-state index in [9.17, 15) is 0 Å². The van der Waals surface area contributed by atoms with E-state index in [1.165, 1.54) is 4.88 Å². The van der Waals surface area contributed by atoms with E-state index in [0.717, 1.165) is 10.8 Å². The van der Waals surface area contributed by atoms with Crippen LogP contribution in [0.2, 0.25) is 0 Å². The summed E-state index contributed by atoms with van der Waals surface area (Å²) in [7, 11) is 0. The minimum absolute atomic E-state index is 0.289. The van der Waals surface area contributed by atoms with Gasteiger partial charge in [-0.3, -0.25) is 0 Å². The monoisotopic (exact) mass is 204 g/mol. The number of hydrogen-bond acceptors (Lipinski definition) is 3. The van der Waals surface area contributed by atoms with Crippen molar-refractivity contribution in [1.29, 1.82) is 0 Å². The first-order chi connectivity index (χ1) is 5.63. The average molecular weight is 205 g/mol. The van der Waals surface area contributed by atoms with Crippen LogP contribution in [-0.4, -0.2) is 16.9 Å². The lowest BCUT2D eigenvalue weighted by Gasteiger charge is -2.07. The Morgan fingerprint density at radius 3 is 2.67 bits per heavy atom. The van der Waals surface area contributed by atoms with Crippen molar-refractivity contribution >= 4 is 28.1 Å². The van der Waals surface area contributed by atoms with Gasteiger partial charge in [0.25, 0.3) is 0 Å². The van der Waals surface area contributed by atoms with E-state index in [0.29, 0.717) is 5.88 Å². The number of halogens is 1. The molecule has 0 aliphatic heterocycles. The molecule has 0 radical (unpaired) electrons. The molecule has 0 bridgehead atoms. The highest BCUT2D eigenvalue weighted by Gasteiger charge is 2.05. The summed E-state index contributed by atoms with van der Waals surface area (Å²) in [5.74, 6) is 0.609. The fourth-order valence-electron chi connectivity index (χ4n) is 0.784. The van der Waals surface area contributed by atoms with E-state index in [2.05, 4.69) is 17.2 Å². The second kappa shape index (κ2) is 4.10. The van der Waals surface area contributed by atoms with Gasteiger partial charge in [-0.2, -0.15) is 0 Å². The third kappa shape index (κ3) is 2.35. The molecule has 1 heterocycles. The molecule has 4 heteroatoms. The Balaban J connectivity index is 2.64. The molecule has 12 heavy (non-hydrogen) atoms. The SMILES string of the molecule is Cc1nc(NC(C)CCl)sc1C. The van der Waals surface area contributed by atoms with Gasteiger partial charge < -0.3 is 5.32 Å². The molecule has 0 spiro atoms. The largest absolute Gasteiger partial charge is 0.358 e. The molecule has 1 aromatic rings. The highest BCUT2D eigenvalue weighted by atomic mass is 35.5. The van der Waals surface area contributed by atoms with E-state index in [4.69, 9.17) is 11.6 Å². The van der Waals surface area contributed by atoms with Crippen LogP contribution in [0.15, 0.2) is 0 Å². The summed E-state index contributed by atoms with van der Waals surface area (Å²) in [6.45, 7) is 6.13. The third-order valence-electron chi connectivity index (χ3n) is 1.63. The zero-order chi connectivity index (χ0) is 9.14. The van der Waals surface area contributed by atoms with Gasteiger partial charge in [-0.25, -0.2) is 4.98 Å². The van der Waals surface area contributed by atoms with Crippen molar-refractivity contribution < 1.29 is 0 Å². The van der Waals surface area contributed by atoms with Gasteiger partial charge in [0.05, 0.1) is 5.69 Å². The van der Waals surface area contributed by atoms with Crippen LogP contribution in [0.5, 0.6) is 0 Å². The van der Waals surface area contributed by atoms with Crippen molar-refractivity contribution in [3.8, 4) is 0 Å². The van der Waals surface area contributed by atoms with Gasteiger partial charge in [-0.15, -0.1) is 22.9 Å². The van der Waals surface area contributed by atoms with Gasteiger partial charge >= 0.3 is 0 Å². The van der Waals surface area contributed by atoms with Crippen LogP contribution in [0.3, 0.4) is 0 Å². The lowest BCUT2D eigenvalue weighted by molar-refractivity contribution is 0.903. The molecule has 1 unspecified atom stereocenters. The average Bonchev–Trinajstić information content (AvgIpc) is 2.31. The van der Waals surface area contributed by atoms with Crippen molar-refractivity contribution in [2.24, 2.45) is 0 Å². The normalized spacial score (nSPS) is 13.0. The van der Waals surface area contributed by atoms with E-state index in [1.54, 1.807) is 11.3 Å². The molecule has 2 nitrogen and oxygen atoms in total. The van der Waals surface area contributed by atoms with Crippen LogP contribution >= 0.6 is 22.9 Å². The van der Waals surface area contributed by atoms with Gasteiger partial charge in [-0.1, -0.05) is 0 Å². The Bertz CT molecular complexity index is 240. The molecule has 1 atom stereocenters. The van der Waals surface area contributed by atoms with E-state index < -0.39 is 0 Å². The van der Waals surface area contributed by atoms with Crippen molar-refractivity contribution in [1.82, 2.24) is 4.98 Å². The van der Waals surface area contributed by atoms with Crippen LogP contribution in [0.1, 0.15) is 17.5 Å². The molecular formula is C8H13ClN2S.